The number of carbonyl (C=O) groups excluding carboxylic acids is 1. The molecule has 2 aromatic rings. The molecule has 6 nitrogen and oxygen atoms in total. The quantitative estimate of drug-likeness (QED) is 0.524. The number of rotatable bonds is 9. The van der Waals surface area contributed by atoms with Crippen molar-refractivity contribution in [1.82, 2.24) is 5.32 Å². The number of anilines is 1. The first-order valence-electron chi connectivity index (χ1n) is 10.7. The monoisotopic (exact) mass is 476 g/mol. The van der Waals surface area contributed by atoms with E-state index in [-0.39, 0.29) is 23.0 Å². The van der Waals surface area contributed by atoms with Crippen molar-refractivity contribution in [2.24, 2.45) is 0 Å². The minimum atomic E-state index is -4.04. The van der Waals surface area contributed by atoms with E-state index in [9.17, 15) is 13.2 Å². The molecule has 1 aliphatic carbocycles. The molecule has 0 heterocycles. The summed E-state index contributed by atoms with van der Waals surface area (Å²) in [5.41, 5.74) is 2.49. The SMILES string of the molecule is COc1ccc(Cl)cc1N(CC(=O)NCCC1=CCCCC1)S(=O)(=O)c1ccc(C)cc1. The summed E-state index contributed by atoms with van der Waals surface area (Å²) in [7, 11) is -2.59. The van der Waals surface area contributed by atoms with Gasteiger partial charge in [0.1, 0.15) is 12.3 Å². The lowest BCUT2D eigenvalue weighted by Crippen LogP contribution is -2.41. The molecule has 1 aliphatic rings. The fourth-order valence-corrected chi connectivity index (χ4v) is 5.27. The zero-order chi connectivity index (χ0) is 23.1. The Balaban J connectivity index is 1.85. The Morgan fingerprint density at radius 2 is 1.91 bits per heavy atom. The maximum absolute atomic E-state index is 13.5. The van der Waals surface area contributed by atoms with Gasteiger partial charge in [0.25, 0.3) is 10.0 Å². The summed E-state index contributed by atoms with van der Waals surface area (Å²) in [5, 5.41) is 3.20. The Bertz CT molecular complexity index is 1080. The lowest BCUT2D eigenvalue weighted by molar-refractivity contribution is -0.119. The van der Waals surface area contributed by atoms with Gasteiger partial charge in [0.15, 0.2) is 0 Å². The van der Waals surface area contributed by atoms with Gasteiger partial charge in [0, 0.05) is 11.6 Å². The van der Waals surface area contributed by atoms with Crippen molar-refractivity contribution in [3.05, 3.63) is 64.7 Å². The molecule has 8 heteroatoms. The van der Waals surface area contributed by atoms with E-state index in [1.807, 2.05) is 6.92 Å². The number of hydrogen-bond acceptors (Lipinski definition) is 4. The van der Waals surface area contributed by atoms with Gasteiger partial charge in [-0.3, -0.25) is 9.10 Å². The Morgan fingerprint density at radius 3 is 2.56 bits per heavy atom. The fourth-order valence-electron chi connectivity index (χ4n) is 3.68. The van der Waals surface area contributed by atoms with Crippen molar-refractivity contribution in [1.29, 1.82) is 0 Å². The highest BCUT2D eigenvalue weighted by atomic mass is 35.5. The second-order valence-corrected chi connectivity index (χ2v) is 10.1. The number of nitrogens with zero attached hydrogens (tertiary/aromatic N) is 1. The van der Waals surface area contributed by atoms with Gasteiger partial charge in [0.05, 0.1) is 17.7 Å². The van der Waals surface area contributed by atoms with Gasteiger partial charge in [0.2, 0.25) is 5.91 Å². The molecule has 0 saturated carbocycles. The number of benzene rings is 2. The van der Waals surface area contributed by atoms with Crippen molar-refractivity contribution in [3.63, 3.8) is 0 Å². The molecule has 172 valence electrons. The van der Waals surface area contributed by atoms with Crippen LogP contribution in [0.5, 0.6) is 5.75 Å². The Kier molecular flexibility index (Phi) is 8.21. The zero-order valence-electron chi connectivity index (χ0n) is 18.4. The molecule has 3 rings (SSSR count). The molecular formula is C24H29ClN2O4S. The molecule has 1 N–H and O–H groups in total. The number of allylic oxidation sites excluding steroid dienone is 1. The third-order valence-electron chi connectivity index (χ3n) is 5.46. The van der Waals surface area contributed by atoms with Gasteiger partial charge in [-0.25, -0.2) is 8.42 Å². The van der Waals surface area contributed by atoms with E-state index in [1.165, 1.54) is 43.7 Å². The van der Waals surface area contributed by atoms with Crippen LogP contribution in [0, 0.1) is 6.92 Å². The Labute approximate surface area is 195 Å². The van der Waals surface area contributed by atoms with E-state index in [4.69, 9.17) is 16.3 Å². The number of aryl methyl sites for hydroxylation is 1. The standard InChI is InChI=1S/C24H29ClN2O4S/c1-18-8-11-21(12-9-18)32(29,30)27(22-16-20(25)10-13-23(22)31-2)17-24(28)26-15-14-19-6-4-3-5-7-19/h6,8-13,16H,3-5,7,14-15,17H2,1-2H3,(H,26,28). The minimum Gasteiger partial charge on any atom is -0.495 e. The topological polar surface area (TPSA) is 75.7 Å². The second-order valence-electron chi connectivity index (χ2n) is 7.85. The first-order chi connectivity index (χ1) is 15.3. The van der Waals surface area contributed by atoms with Crippen LogP contribution in [-0.2, 0) is 14.8 Å². The molecule has 0 spiro atoms. The molecular weight excluding hydrogens is 448 g/mol. The van der Waals surface area contributed by atoms with Crippen LogP contribution in [0.15, 0.2) is 59.0 Å². The molecule has 0 aliphatic heterocycles. The number of amides is 1. The third kappa shape index (κ3) is 6.04. The summed E-state index contributed by atoms with van der Waals surface area (Å²) in [4.78, 5) is 12.9. The number of ether oxygens (including phenoxy) is 1. The summed E-state index contributed by atoms with van der Waals surface area (Å²) in [5.74, 6) is -0.0793. The summed E-state index contributed by atoms with van der Waals surface area (Å²) in [6.45, 7) is 1.96. The highest BCUT2D eigenvalue weighted by Crippen LogP contribution is 2.34. The van der Waals surface area contributed by atoms with Gasteiger partial charge < -0.3 is 10.1 Å². The number of carbonyl (C=O) groups is 1. The van der Waals surface area contributed by atoms with E-state index < -0.39 is 10.0 Å². The zero-order valence-corrected chi connectivity index (χ0v) is 20.0. The van der Waals surface area contributed by atoms with Crippen LogP contribution in [0.4, 0.5) is 5.69 Å². The first-order valence-corrected chi connectivity index (χ1v) is 12.5. The van der Waals surface area contributed by atoms with Crippen LogP contribution < -0.4 is 14.4 Å². The van der Waals surface area contributed by atoms with Gasteiger partial charge in [-0.05, 0) is 69.4 Å². The van der Waals surface area contributed by atoms with Crippen LogP contribution >= 0.6 is 11.6 Å². The normalized spacial score (nSPS) is 13.9. The van der Waals surface area contributed by atoms with Gasteiger partial charge in [-0.1, -0.05) is 40.9 Å². The van der Waals surface area contributed by atoms with Gasteiger partial charge in [-0.2, -0.15) is 0 Å². The molecule has 0 radical (unpaired) electrons. The molecule has 0 saturated heterocycles. The molecule has 2 aromatic carbocycles. The summed E-state index contributed by atoms with van der Waals surface area (Å²) in [6.07, 6.45) is 7.54. The van der Waals surface area contributed by atoms with Gasteiger partial charge in [-0.15, -0.1) is 0 Å². The molecule has 0 atom stereocenters. The van der Waals surface area contributed by atoms with Crippen molar-refractivity contribution in [2.75, 3.05) is 24.5 Å². The summed E-state index contributed by atoms with van der Waals surface area (Å²) < 4.78 is 33.5. The maximum atomic E-state index is 13.5. The molecule has 32 heavy (non-hydrogen) atoms. The highest BCUT2D eigenvalue weighted by molar-refractivity contribution is 7.92. The van der Waals surface area contributed by atoms with E-state index in [1.54, 1.807) is 24.3 Å². The van der Waals surface area contributed by atoms with Crippen LogP contribution in [0.2, 0.25) is 5.02 Å². The molecule has 1 amide bonds. The first kappa shape index (κ1) is 24.1. The lowest BCUT2D eigenvalue weighted by atomic mass is 9.97. The van der Waals surface area contributed by atoms with Crippen molar-refractivity contribution >= 4 is 33.2 Å². The molecule has 0 aromatic heterocycles. The smallest absolute Gasteiger partial charge is 0.264 e. The third-order valence-corrected chi connectivity index (χ3v) is 7.47. The van der Waals surface area contributed by atoms with Crippen LogP contribution in [-0.4, -0.2) is 34.5 Å². The lowest BCUT2D eigenvalue weighted by Gasteiger charge is -2.26. The van der Waals surface area contributed by atoms with Gasteiger partial charge >= 0.3 is 0 Å². The number of nitrogens with one attached hydrogen (secondary N) is 1. The van der Waals surface area contributed by atoms with Crippen LogP contribution in [0.25, 0.3) is 0 Å². The summed E-state index contributed by atoms with van der Waals surface area (Å²) in [6, 6.07) is 11.2. The van der Waals surface area contributed by atoms with E-state index in [0.717, 1.165) is 29.1 Å². The van der Waals surface area contributed by atoms with E-state index >= 15 is 0 Å². The van der Waals surface area contributed by atoms with Crippen molar-refractivity contribution in [3.8, 4) is 5.75 Å². The maximum Gasteiger partial charge on any atom is 0.264 e. The predicted octanol–water partition coefficient (Wildman–Crippen LogP) is 4.86. The van der Waals surface area contributed by atoms with Crippen molar-refractivity contribution in [2.45, 2.75) is 43.9 Å². The number of methoxy groups -OCH3 is 1. The van der Waals surface area contributed by atoms with Crippen LogP contribution in [0.3, 0.4) is 0 Å². The molecule has 0 bridgehead atoms. The van der Waals surface area contributed by atoms with E-state index in [2.05, 4.69) is 11.4 Å². The Morgan fingerprint density at radius 1 is 1.16 bits per heavy atom. The predicted molar refractivity (Wildman–Crippen MR) is 128 cm³/mol. The Hall–Kier alpha value is -2.51. The average Bonchev–Trinajstić information content (AvgIpc) is 2.78. The number of sulfonamides is 1. The van der Waals surface area contributed by atoms with Crippen LogP contribution in [0.1, 0.15) is 37.7 Å². The molecule has 0 fully saturated rings. The average molecular weight is 477 g/mol. The second kappa shape index (κ2) is 10.9. The molecule has 0 unspecified atom stereocenters. The van der Waals surface area contributed by atoms with E-state index in [0.29, 0.717) is 17.3 Å². The number of halogens is 1. The summed E-state index contributed by atoms with van der Waals surface area (Å²) >= 11 is 6.16. The fraction of sp³-hybridized carbons (Fsp3) is 0.375. The highest BCUT2D eigenvalue weighted by Gasteiger charge is 2.29. The largest absolute Gasteiger partial charge is 0.495 e. The van der Waals surface area contributed by atoms with Crippen molar-refractivity contribution < 1.29 is 17.9 Å². The number of hydrogen-bond donors (Lipinski definition) is 1. The minimum absolute atomic E-state index is 0.0882.